The van der Waals surface area contributed by atoms with Crippen LogP contribution in [0.3, 0.4) is 0 Å². The van der Waals surface area contributed by atoms with Gasteiger partial charge in [-0.25, -0.2) is 17.9 Å². The molecule has 1 unspecified atom stereocenters. The average Bonchev–Trinajstić information content (AvgIpc) is 2.46. The van der Waals surface area contributed by atoms with Gasteiger partial charge in [-0.1, -0.05) is 19.9 Å². The van der Waals surface area contributed by atoms with Crippen LogP contribution in [0, 0.1) is 6.92 Å². The summed E-state index contributed by atoms with van der Waals surface area (Å²) in [5, 5.41) is 11.7. The lowest BCUT2D eigenvalue weighted by Gasteiger charge is -2.25. The maximum atomic E-state index is 12.4. The fraction of sp³-hybridized carbons (Fsp3) is 0.467. The molecule has 0 saturated carbocycles. The molecule has 0 aromatic heterocycles. The minimum Gasteiger partial charge on any atom is -0.480 e. The van der Waals surface area contributed by atoms with Crippen molar-refractivity contribution in [2.45, 2.75) is 44.6 Å². The Morgan fingerprint density at radius 2 is 1.87 bits per heavy atom. The van der Waals surface area contributed by atoms with Crippen molar-refractivity contribution in [1.82, 2.24) is 10.0 Å². The molecule has 1 rings (SSSR count). The summed E-state index contributed by atoms with van der Waals surface area (Å²) in [6, 6.07) is 4.17. The Labute approximate surface area is 136 Å². The molecule has 0 fully saturated rings. The summed E-state index contributed by atoms with van der Waals surface area (Å²) in [5.41, 5.74) is -0.730. The Bertz CT molecular complexity index is 715. The number of sulfonamides is 1. The molecule has 7 nitrogen and oxygen atoms in total. The molecule has 8 heteroatoms. The first-order valence-electron chi connectivity index (χ1n) is 7.23. The molecule has 0 radical (unpaired) electrons. The number of benzene rings is 1. The van der Waals surface area contributed by atoms with Gasteiger partial charge in [0.05, 0.1) is 4.90 Å². The normalized spacial score (nSPS) is 14.1. The van der Waals surface area contributed by atoms with E-state index in [1.165, 1.54) is 25.1 Å². The first-order chi connectivity index (χ1) is 10.6. The highest BCUT2D eigenvalue weighted by Crippen LogP contribution is 2.18. The molecule has 0 bridgehead atoms. The van der Waals surface area contributed by atoms with E-state index in [1.807, 2.05) is 0 Å². The summed E-state index contributed by atoms with van der Waals surface area (Å²) in [5.74, 6) is -1.77. The van der Waals surface area contributed by atoms with Crippen molar-refractivity contribution in [1.29, 1.82) is 0 Å². The molecule has 0 heterocycles. The summed E-state index contributed by atoms with van der Waals surface area (Å²) in [4.78, 5) is 23.6. The fourth-order valence-corrected chi connectivity index (χ4v) is 2.96. The van der Waals surface area contributed by atoms with Gasteiger partial charge in [0.25, 0.3) is 5.91 Å². The highest BCUT2D eigenvalue weighted by atomic mass is 32.2. The van der Waals surface area contributed by atoms with Crippen LogP contribution in [0.15, 0.2) is 23.1 Å². The number of carbonyl (C=O) groups excluding carboxylic acids is 1. The van der Waals surface area contributed by atoms with Gasteiger partial charge in [-0.05, 0) is 38.0 Å². The summed E-state index contributed by atoms with van der Waals surface area (Å²) < 4.78 is 26.4. The highest BCUT2D eigenvalue weighted by Gasteiger charge is 2.33. The van der Waals surface area contributed by atoms with Crippen LogP contribution in [0.4, 0.5) is 0 Å². The van der Waals surface area contributed by atoms with Crippen molar-refractivity contribution in [2.75, 3.05) is 6.54 Å². The largest absolute Gasteiger partial charge is 0.480 e. The maximum absolute atomic E-state index is 12.4. The van der Waals surface area contributed by atoms with E-state index in [0.717, 1.165) is 0 Å². The Balaban J connectivity index is 3.23. The Morgan fingerprint density at radius 1 is 1.26 bits per heavy atom. The van der Waals surface area contributed by atoms with Crippen LogP contribution < -0.4 is 10.0 Å². The maximum Gasteiger partial charge on any atom is 0.329 e. The molecule has 128 valence electrons. The predicted molar refractivity (Wildman–Crippen MR) is 85.8 cm³/mol. The molecule has 1 atom stereocenters. The third-order valence-corrected chi connectivity index (χ3v) is 5.21. The second-order valence-corrected chi connectivity index (χ2v) is 7.19. The number of amides is 1. The van der Waals surface area contributed by atoms with Crippen molar-refractivity contribution in [3.05, 3.63) is 29.3 Å². The summed E-state index contributed by atoms with van der Waals surface area (Å²) in [7, 11) is -3.70. The smallest absolute Gasteiger partial charge is 0.329 e. The van der Waals surface area contributed by atoms with Gasteiger partial charge in [-0.15, -0.1) is 0 Å². The van der Waals surface area contributed by atoms with Crippen molar-refractivity contribution in [3.8, 4) is 0 Å². The second kappa shape index (κ2) is 7.10. The lowest BCUT2D eigenvalue weighted by atomic mass is 9.98. The van der Waals surface area contributed by atoms with Crippen molar-refractivity contribution in [2.24, 2.45) is 0 Å². The van der Waals surface area contributed by atoms with Crippen LogP contribution in [0.25, 0.3) is 0 Å². The standard InChI is InChI=1S/C15H22N2O5S/c1-5-15(4,14(19)20)17-13(18)12-9-11(8-7-10(12)3)23(21,22)16-6-2/h7-9,16H,5-6H2,1-4H3,(H,17,18)(H,19,20). The molecule has 0 aliphatic carbocycles. The highest BCUT2D eigenvalue weighted by molar-refractivity contribution is 7.89. The van der Waals surface area contributed by atoms with Gasteiger partial charge in [0, 0.05) is 12.1 Å². The Morgan fingerprint density at radius 3 is 2.35 bits per heavy atom. The monoisotopic (exact) mass is 342 g/mol. The number of aryl methyl sites for hydroxylation is 1. The van der Waals surface area contributed by atoms with E-state index in [2.05, 4.69) is 10.0 Å². The Hall–Kier alpha value is -1.93. The number of carboxylic acid groups (broad SMARTS) is 1. The topological polar surface area (TPSA) is 113 Å². The molecule has 1 aromatic carbocycles. The van der Waals surface area contributed by atoms with Gasteiger partial charge < -0.3 is 10.4 Å². The van der Waals surface area contributed by atoms with Crippen molar-refractivity contribution < 1.29 is 23.1 Å². The molecule has 1 amide bonds. The van der Waals surface area contributed by atoms with E-state index < -0.39 is 27.4 Å². The van der Waals surface area contributed by atoms with Crippen LogP contribution in [0.2, 0.25) is 0 Å². The van der Waals surface area contributed by atoms with Gasteiger partial charge in [0.15, 0.2) is 0 Å². The van der Waals surface area contributed by atoms with Crippen LogP contribution in [0.1, 0.15) is 43.1 Å². The van der Waals surface area contributed by atoms with E-state index in [0.29, 0.717) is 5.56 Å². The molecule has 0 aliphatic rings. The second-order valence-electron chi connectivity index (χ2n) is 5.42. The van der Waals surface area contributed by atoms with Crippen LogP contribution >= 0.6 is 0 Å². The van der Waals surface area contributed by atoms with Crippen LogP contribution in [-0.4, -0.2) is 37.5 Å². The molecule has 23 heavy (non-hydrogen) atoms. The van der Waals surface area contributed by atoms with Gasteiger partial charge >= 0.3 is 5.97 Å². The van der Waals surface area contributed by atoms with Crippen molar-refractivity contribution >= 4 is 21.9 Å². The SMILES string of the molecule is CCNS(=O)(=O)c1ccc(C)c(C(=O)NC(C)(CC)C(=O)O)c1. The van der Waals surface area contributed by atoms with Gasteiger partial charge in [0.1, 0.15) is 5.54 Å². The minimum atomic E-state index is -3.70. The van der Waals surface area contributed by atoms with Crippen LogP contribution in [-0.2, 0) is 14.8 Å². The van der Waals surface area contributed by atoms with E-state index in [1.54, 1.807) is 20.8 Å². The van der Waals surface area contributed by atoms with E-state index >= 15 is 0 Å². The first kappa shape index (κ1) is 19.1. The number of hydrogen-bond acceptors (Lipinski definition) is 4. The molecular formula is C15H22N2O5S. The van der Waals surface area contributed by atoms with Gasteiger partial charge in [0.2, 0.25) is 10.0 Å². The third kappa shape index (κ3) is 4.29. The summed E-state index contributed by atoms with van der Waals surface area (Å²) in [6.07, 6.45) is 0.197. The predicted octanol–water partition coefficient (Wildman–Crippen LogP) is 1.28. The molecular weight excluding hydrogens is 320 g/mol. The number of nitrogens with one attached hydrogen (secondary N) is 2. The van der Waals surface area contributed by atoms with Gasteiger partial charge in [-0.2, -0.15) is 0 Å². The first-order valence-corrected chi connectivity index (χ1v) is 8.72. The average molecular weight is 342 g/mol. The van der Waals surface area contributed by atoms with Crippen molar-refractivity contribution in [3.63, 3.8) is 0 Å². The van der Waals surface area contributed by atoms with E-state index in [4.69, 9.17) is 0 Å². The molecule has 0 saturated heterocycles. The zero-order chi connectivity index (χ0) is 17.8. The molecule has 0 aliphatic heterocycles. The molecule has 0 spiro atoms. The van der Waals surface area contributed by atoms with Crippen LogP contribution in [0.5, 0.6) is 0 Å². The summed E-state index contributed by atoms with van der Waals surface area (Å²) >= 11 is 0. The van der Waals surface area contributed by atoms with E-state index in [-0.39, 0.29) is 23.4 Å². The molecule has 3 N–H and O–H groups in total. The zero-order valence-electron chi connectivity index (χ0n) is 13.6. The number of rotatable bonds is 7. The Kier molecular flexibility index (Phi) is 5.90. The summed E-state index contributed by atoms with van der Waals surface area (Å²) in [6.45, 7) is 6.58. The fourth-order valence-electron chi connectivity index (χ4n) is 1.90. The van der Waals surface area contributed by atoms with E-state index in [9.17, 15) is 23.1 Å². The lowest BCUT2D eigenvalue weighted by molar-refractivity contribution is -0.143. The quantitative estimate of drug-likeness (QED) is 0.691. The lowest BCUT2D eigenvalue weighted by Crippen LogP contribution is -2.51. The number of hydrogen-bond donors (Lipinski definition) is 3. The van der Waals surface area contributed by atoms with Gasteiger partial charge in [-0.3, -0.25) is 4.79 Å². The number of carboxylic acids is 1. The molecule has 1 aromatic rings. The number of aliphatic carboxylic acids is 1. The third-order valence-electron chi connectivity index (χ3n) is 3.67. The number of carbonyl (C=O) groups is 2. The minimum absolute atomic E-state index is 0.0383. The zero-order valence-corrected chi connectivity index (χ0v) is 14.5.